The van der Waals surface area contributed by atoms with Gasteiger partial charge in [-0.2, -0.15) is 0 Å². The van der Waals surface area contributed by atoms with Crippen LogP contribution in [-0.2, 0) is 34.9 Å². The zero-order valence-corrected chi connectivity index (χ0v) is 53.5. The van der Waals surface area contributed by atoms with Gasteiger partial charge in [0.05, 0.1) is 50.7 Å². The zero-order valence-electron chi connectivity index (χ0n) is 51.0. The molecule has 0 atom stereocenters. The molecule has 0 radical (unpaired) electrons. The van der Waals surface area contributed by atoms with E-state index in [0.29, 0.717) is 51.7 Å². The lowest BCUT2D eigenvalue weighted by molar-refractivity contribution is 0.414. The summed E-state index contributed by atoms with van der Waals surface area (Å²) in [6, 6.07) is 78.7. The molecule has 0 aliphatic rings. The second-order valence-electron chi connectivity index (χ2n) is 21.5. The molecular weight excluding hydrogens is 1190 g/mol. The van der Waals surface area contributed by atoms with Gasteiger partial charge in [-0.15, -0.1) is 0 Å². The molecule has 0 saturated heterocycles. The second-order valence-corrected chi connectivity index (χ2v) is 27.3. The van der Waals surface area contributed by atoms with Crippen LogP contribution in [0.1, 0.15) is 41.7 Å². The molecule has 0 saturated carbocycles. The first kappa shape index (κ1) is 64.5. The topological polar surface area (TPSA) is 158 Å². The third-order valence-corrected chi connectivity index (χ3v) is 20.2. The van der Waals surface area contributed by atoms with Gasteiger partial charge in [0.15, 0.2) is 0 Å². The fraction of sp³-hybridized carbons (Fsp3) is 0.120. The van der Waals surface area contributed by atoms with Crippen molar-refractivity contribution in [3.63, 3.8) is 0 Å². The summed E-state index contributed by atoms with van der Waals surface area (Å²) in [4.78, 5) is 1.29. The predicted octanol–water partition coefficient (Wildman–Crippen LogP) is 17.9. The number of hydrogen-bond acceptors (Lipinski definition) is 12. The summed E-state index contributed by atoms with van der Waals surface area (Å²) in [7, 11) is -6.17. The minimum atomic E-state index is -3.62. The molecule has 11 rings (SSSR count). The normalized spacial score (nSPS) is 11.4. The lowest BCUT2D eigenvalue weighted by atomic mass is 9.78. The maximum absolute atomic E-state index is 12.9. The number of rotatable bonds is 18. The highest BCUT2D eigenvalue weighted by Crippen LogP contribution is 2.35. The third kappa shape index (κ3) is 16.0. The van der Waals surface area contributed by atoms with Crippen molar-refractivity contribution in [2.75, 3.05) is 21.3 Å². The SMILES string of the molecule is COc1ccc(S(=O)(=O)c2ccc(Oc3ccc(-c4ccc(C)cc4)cc3)cc2)cc1.COc1ccc(S(=O)(=O)c2ccc(Oc3ccc(C(C)(C)c4ccc(C)cc4)cc3)cc2)cc1.COc1ccc(S(=O)(=O)c2ccc(Oc3ccc(C)cc3)cc2)cc1. The number of hydrogen-bond donors (Lipinski definition) is 0. The average Bonchev–Trinajstić information content (AvgIpc) is 1.22. The van der Waals surface area contributed by atoms with Crippen molar-refractivity contribution in [1.82, 2.24) is 0 Å². The quantitative estimate of drug-likeness (QED) is 0.0802. The zero-order chi connectivity index (χ0) is 64.1. The van der Waals surface area contributed by atoms with Crippen molar-refractivity contribution in [1.29, 1.82) is 0 Å². The highest BCUT2D eigenvalue weighted by molar-refractivity contribution is 7.92. The molecular formula is C75H68O12S3. The molecule has 11 aromatic carbocycles. The number of ether oxygens (including phenoxy) is 6. The van der Waals surface area contributed by atoms with Crippen LogP contribution < -0.4 is 28.4 Å². The van der Waals surface area contributed by atoms with Gasteiger partial charge in [0, 0.05) is 5.41 Å². The van der Waals surface area contributed by atoms with Gasteiger partial charge in [0.2, 0.25) is 29.5 Å². The summed E-state index contributed by atoms with van der Waals surface area (Å²) >= 11 is 0. The Morgan fingerprint density at radius 2 is 0.400 bits per heavy atom. The van der Waals surface area contributed by atoms with Crippen LogP contribution in [0, 0.1) is 20.8 Å². The van der Waals surface area contributed by atoms with Crippen molar-refractivity contribution in [2.45, 2.75) is 69.4 Å². The molecule has 0 amide bonds. The molecule has 0 heterocycles. The Morgan fingerprint density at radius 3 is 0.644 bits per heavy atom. The summed E-state index contributed by atoms with van der Waals surface area (Å²) in [6.45, 7) is 10.6. The Labute approximate surface area is 528 Å². The van der Waals surface area contributed by atoms with Crippen LogP contribution in [0.4, 0.5) is 0 Å². The number of benzene rings is 11. The largest absolute Gasteiger partial charge is 0.497 e. The van der Waals surface area contributed by atoms with E-state index in [2.05, 4.69) is 88.4 Å². The van der Waals surface area contributed by atoms with Crippen LogP contribution in [0.15, 0.2) is 296 Å². The molecule has 458 valence electrons. The first-order valence-corrected chi connectivity index (χ1v) is 33.0. The molecule has 0 aliphatic heterocycles. The van der Waals surface area contributed by atoms with Crippen LogP contribution in [0.2, 0.25) is 0 Å². The fourth-order valence-electron chi connectivity index (χ4n) is 9.29. The molecule has 0 N–H and O–H groups in total. The molecule has 0 aromatic heterocycles. The van der Waals surface area contributed by atoms with E-state index < -0.39 is 29.5 Å². The summed E-state index contributed by atoms with van der Waals surface area (Å²) < 4.78 is 110. The Kier molecular flexibility index (Phi) is 20.4. The van der Waals surface area contributed by atoms with Crippen molar-refractivity contribution in [3.05, 3.63) is 295 Å². The highest BCUT2D eigenvalue weighted by atomic mass is 32.2. The van der Waals surface area contributed by atoms with Crippen molar-refractivity contribution >= 4 is 29.5 Å². The number of methoxy groups -OCH3 is 3. The fourth-order valence-corrected chi connectivity index (χ4v) is 13.1. The maximum Gasteiger partial charge on any atom is 0.206 e. The van der Waals surface area contributed by atoms with Gasteiger partial charge in [-0.25, -0.2) is 25.3 Å². The maximum atomic E-state index is 12.9. The minimum absolute atomic E-state index is 0.135. The molecule has 0 fully saturated rings. The van der Waals surface area contributed by atoms with Crippen LogP contribution in [0.3, 0.4) is 0 Å². The van der Waals surface area contributed by atoms with E-state index in [-0.39, 0.29) is 34.8 Å². The molecule has 15 heteroatoms. The van der Waals surface area contributed by atoms with Gasteiger partial charge < -0.3 is 28.4 Å². The Hall–Kier alpha value is -9.93. The van der Waals surface area contributed by atoms with Gasteiger partial charge in [-0.05, 0) is 225 Å². The summed E-state index contributed by atoms with van der Waals surface area (Å²) in [5.74, 6) is 5.62. The Bertz CT molecular complexity index is 4490. The molecule has 0 aliphatic carbocycles. The van der Waals surface area contributed by atoms with Gasteiger partial charge >= 0.3 is 0 Å². The van der Waals surface area contributed by atoms with Crippen molar-refractivity contribution in [2.24, 2.45) is 0 Å². The first-order chi connectivity index (χ1) is 43.1. The van der Waals surface area contributed by atoms with Crippen LogP contribution in [-0.4, -0.2) is 46.6 Å². The Morgan fingerprint density at radius 1 is 0.233 bits per heavy atom. The summed E-state index contributed by atoms with van der Waals surface area (Å²) in [5, 5.41) is 0. The molecule has 90 heavy (non-hydrogen) atoms. The van der Waals surface area contributed by atoms with E-state index in [9.17, 15) is 25.3 Å². The van der Waals surface area contributed by atoms with Crippen LogP contribution in [0.5, 0.6) is 51.7 Å². The van der Waals surface area contributed by atoms with Gasteiger partial charge in [-0.3, -0.25) is 0 Å². The van der Waals surface area contributed by atoms with E-state index in [1.165, 1.54) is 72.9 Å². The van der Waals surface area contributed by atoms with E-state index >= 15 is 0 Å². The van der Waals surface area contributed by atoms with Crippen LogP contribution in [0.25, 0.3) is 11.1 Å². The van der Waals surface area contributed by atoms with Crippen molar-refractivity contribution in [3.8, 4) is 62.9 Å². The van der Waals surface area contributed by atoms with E-state index in [1.807, 2.05) is 67.6 Å². The van der Waals surface area contributed by atoms with Gasteiger partial charge in [0.1, 0.15) is 51.7 Å². The van der Waals surface area contributed by atoms with Gasteiger partial charge in [0.25, 0.3) is 0 Å². The third-order valence-electron chi connectivity index (χ3n) is 14.8. The number of aryl methyl sites for hydroxylation is 3. The summed E-state index contributed by atoms with van der Waals surface area (Å²) in [6.07, 6.45) is 0. The van der Waals surface area contributed by atoms with E-state index in [1.54, 1.807) is 116 Å². The standard InChI is InChI=1S/C29H28O4S.C26H22O4S.C20H18O4S/c1-21-5-7-22(8-6-21)29(2,3)23-9-11-25(12-10-23)33-26-15-19-28(20-16-26)34(30,31)27-17-13-24(32-4)14-18-27;1-19-3-5-20(6-4-19)21-7-9-23(10-8-21)30-24-13-17-26(18-14-24)31(27,28)25-15-11-22(29-2)12-16-25;1-15-3-5-17(6-4-15)24-18-9-13-20(14-10-18)25(21,22)19-11-7-16(23-2)8-12-19/h5-20H,1-4H3;3-18H,1-2H3;3-14H,1-2H3. The lowest BCUT2D eigenvalue weighted by Gasteiger charge is -2.26. The molecule has 0 bridgehead atoms. The monoisotopic (exact) mass is 1260 g/mol. The first-order valence-electron chi connectivity index (χ1n) is 28.6. The molecule has 0 unspecified atom stereocenters. The second kappa shape index (κ2) is 28.5. The number of sulfone groups is 3. The highest BCUT2D eigenvalue weighted by Gasteiger charge is 2.24. The van der Waals surface area contributed by atoms with E-state index in [4.69, 9.17) is 28.4 Å². The summed E-state index contributed by atoms with van der Waals surface area (Å²) in [5.41, 5.74) is 8.16. The van der Waals surface area contributed by atoms with Gasteiger partial charge in [-0.1, -0.05) is 115 Å². The lowest BCUT2D eigenvalue weighted by Crippen LogP contribution is -2.18. The average molecular weight is 1260 g/mol. The predicted molar refractivity (Wildman–Crippen MR) is 352 cm³/mol. The Balaban J connectivity index is 0.000000162. The van der Waals surface area contributed by atoms with Crippen LogP contribution >= 0.6 is 0 Å². The van der Waals surface area contributed by atoms with Crippen molar-refractivity contribution < 1.29 is 53.7 Å². The van der Waals surface area contributed by atoms with E-state index in [0.717, 1.165) is 16.7 Å². The smallest absolute Gasteiger partial charge is 0.206 e. The molecule has 12 nitrogen and oxygen atoms in total. The minimum Gasteiger partial charge on any atom is -0.497 e. The molecule has 0 spiro atoms. The molecule has 11 aromatic rings.